The number of halogens is 1. The molecule has 1 amide bonds. The van der Waals surface area contributed by atoms with Crippen molar-refractivity contribution in [1.29, 1.82) is 0 Å². The van der Waals surface area contributed by atoms with Gasteiger partial charge in [0, 0.05) is 54.6 Å². The van der Waals surface area contributed by atoms with Gasteiger partial charge in [0.05, 0.1) is 12.2 Å². The second kappa shape index (κ2) is 7.58. The minimum Gasteiger partial charge on any atom is -0.311 e. The van der Waals surface area contributed by atoms with Crippen LogP contribution in [0.25, 0.3) is 0 Å². The maximum absolute atomic E-state index is 13.1. The number of carbonyl (C=O) groups is 1. The molecule has 28 heavy (non-hydrogen) atoms. The second-order valence-electron chi connectivity index (χ2n) is 8.15. The van der Waals surface area contributed by atoms with E-state index in [0.29, 0.717) is 18.6 Å². The van der Waals surface area contributed by atoms with Crippen LogP contribution >= 0.6 is 15.9 Å². The smallest absolute Gasteiger partial charge is 0.241 e. The van der Waals surface area contributed by atoms with E-state index in [1.54, 1.807) is 0 Å². The van der Waals surface area contributed by atoms with Crippen LogP contribution in [0.4, 0.5) is 5.69 Å². The molecular weight excluding hydrogens is 416 g/mol. The molecule has 2 fully saturated rings. The van der Waals surface area contributed by atoms with Crippen LogP contribution in [-0.4, -0.2) is 59.0 Å². The minimum atomic E-state index is 0.251. The van der Waals surface area contributed by atoms with Crippen LogP contribution in [0.1, 0.15) is 24.1 Å². The van der Waals surface area contributed by atoms with Crippen molar-refractivity contribution in [1.82, 2.24) is 14.8 Å². The summed E-state index contributed by atoms with van der Waals surface area (Å²) in [5, 5.41) is 0. The van der Waals surface area contributed by atoms with Gasteiger partial charge in [-0.25, -0.2) is 0 Å². The van der Waals surface area contributed by atoms with Crippen LogP contribution in [0.5, 0.6) is 0 Å². The molecule has 4 heterocycles. The van der Waals surface area contributed by atoms with Crippen molar-refractivity contribution < 1.29 is 4.79 Å². The van der Waals surface area contributed by atoms with Gasteiger partial charge in [0.25, 0.3) is 0 Å². The van der Waals surface area contributed by atoms with E-state index >= 15 is 0 Å². The van der Waals surface area contributed by atoms with E-state index in [1.165, 1.54) is 12.0 Å². The lowest BCUT2D eigenvalue weighted by Crippen LogP contribution is -2.50. The van der Waals surface area contributed by atoms with Crippen LogP contribution in [0.15, 0.2) is 47.1 Å². The van der Waals surface area contributed by atoms with Crippen molar-refractivity contribution in [3.63, 3.8) is 0 Å². The Hall–Kier alpha value is -1.76. The molecular formula is C22H25BrN4O. The summed E-state index contributed by atoms with van der Waals surface area (Å²) in [5.41, 5.74) is 3.53. The lowest BCUT2D eigenvalue weighted by atomic mass is 10.0. The lowest BCUT2D eigenvalue weighted by Gasteiger charge is -2.36. The van der Waals surface area contributed by atoms with Gasteiger partial charge in [-0.05, 0) is 59.0 Å². The van der Waals surface area contributed by atoms with Gasteiger partial charge < -0.3 is 4.90 Å². The van der Waals surface area contributed by atoms with Crippen LogP contribution in [-0.2, 0) is 17.8 Å². The number of amides is 1. The first-order valence-electron chi connectivity index (χ1n) is 10.1. The first-order chi connectivity index (χ1) is 13.7. The van der Waals surface area contributed by atoms with Gasteiger partial charge in [-0.1, -0.05) is 18.2 Å². The second-order valence-corrected chi connectivity index (χ2v) is 9.06. The van der Waals surface area contributed by atoms with Crippen molar-refractivity contribution in [2.45, 2.75) is 37.9 Å². The highest BCUT2D eigenvalue weighted by Crippen LogP contribution is 2.32. The zero-order valence-corrected chi connectivity index (χ0v) is 17.5. The molecule has 5 rings (SSSR count). The first-order valence-corrected chi connectivity index (χ1v) is 10.9. The van der Waals surface area contributed by atoms with Crippen LogP contribution in [0.3, 0.4) is 0 Å². The average molecular weight is 441 g/mol. The predicted octanol–water partition coefficient (Wildman–Crippen LogP) is 3.08. The number of likely N-dealkylation sites (tertiary alicyclic amines) is 2. The third kappa shape index (κ3) is 3.49. The molecule has 2 aromatic rings. The number of anilines is 1. The summed E-state index contributed by atoms with van der Waals surface area (Å²) in [6.07, 6.45) is 5.17. The van der Waals surface area contributed by atoms with Gasteiger partial charge >= 0.3 is 0 Å². The number of pyridine rings is 1. The summed E-state index contributed by atoms with van der Waals surface area (Å²) >= 11 is 3.45. The van der Waals surface area contributed by atoms with Gasteiger partial charge in [-0.15, -0.1) is 0 Å². The van der Waals surface area contributed by atoms with E-state index in [-0.39, 0.29) is 5.91 Å². The Bertz CT molecular complexity index is 871. The molecule has 0 spiro atoms. The Morgan fingerprint density at radius 1 is 1.11 bits per heavy atom. The maximum Gasteiger partial charge on any atom is 0.241 e. The number of hydrogen-bond donors (Lipinski definition) is 0. The highest BCUT2D eigenvalue weighted by Gasteiger charge is 2.44. The summed E-state index contributed by atoms with van der Waals surface area (Å²) in [7, 11) is 0. The topological polar surface area (TPSA) is 39.7 Å². The number of piperazine rings is 1. The van der Waals surface area contributed by atoms with Gasteiger partial charge in [0.15, 0.2) is 0 Å². The van der Waals surface area contributed by atoms with Gasteiger partial charge in [0.2, 0.25) is 5.91 Å². The number of rotatable bonds is 4. The number of carbonyl (C=O) groups excluding carboxylic acids is 1. The predicted molar refractivity (Wildman–Crippen MR) is 113 cm³/mol. The first kappa shape index (κ1) is 18.3. The van der Waals surface area contributed by atoms with Crippen molar-refractivity contribution in [2.24, 2.45) is 0 Å². The zero-order valence-electron chi connectivity index (χ0n) is 15.9. The molecule has 3 aliphatic rings. The van der Waals surface area contributed by atoms with E-state index in [4.69, 9.17) is 0 Å². The molecule has 1 aromatic heterocycles. The molecule has 0 aliphatic carbocycles. The van der Waals surface area contributed by atoms with Crippen molar-refractivity contribution in [3.05, 3.63) is 58.3 Å². The number of benzene rings is 1. The largest absolute Gasteiger partial charge is 0.311 e. The Morgan fingerprint density at radius 2 is 1.93 bits per heavy atom. The number of nitrogens with zero attached hydrogens (tertiary/aromatic N) is 4. The van der Waals surface area contributed by atoms with Crippen LogP contribution < -0.4 is 4.90 Å². The molecule has 1 aromatic carbocycles. The van der Waals surface area contributed by atoms with Crippen LogP contribution in [0.2, 0.25) is 0 Å². The molecule has 146 valence electrons. The number of para-hydroxylation sites is 1. The van der Waals surface area contributed by atoms with E-state index in [0.717, 1.165) is 54.9 Å². The SMILES string of the molecule is O=C(CN1CC2CC1CN2Cc1ccc(Br)cn1)N1CCCc2ccccc21. The van der Waals surface area contributed by atoms with E-state index < -0.39 is 0 Å². The summed E-state index contributed by atoms with van der Waals surface area (Å²) in [6, 6.07) is 13.5. The number of aromatic nitrogens is 1. The van der Waals surface area contributed by atoms with E-state index in [1.807, 2.05) is 17.2 Å². The summed E-state index contributed by atoms with van der Waals surface area (Å²) in [6.45, 7) is 4.31. The fourth-order valence-electron chi connectivity index (χ4n) is 4.98. The zero-order chi connectivity index (χ0) is 19.1. The molecule has 6 heteroatoms. The Kier molecular flexibility index (Phi) is 4.95. The quantitative estimate of drug-likeness (QED) is 0.732. The molecule has 2 unspecified atom stereocenters. The Balaban J connectivity index is 1.20. The summed E-state index contributed by atoms with van der Waals surface area (Å²) < 4.78 is 1.02. The molecule has 3 aliphatic heterocycles. The fraction of sp³-hybridized carbons (Fsp3) is 0.455. The number of fused-ring (bicyclic) bond motifs is 3. The third-order valence-electron chi connectivity index (χ3n) is 6.37. The molecule has 0 radical (unpaired) electrons. The normalized spacial score (nSPS) is 24.5. The number of hydrogen-bond acceptors (Lipinski definition) is 4. The minimum absolute atomic E-state index is 0.251. The summed E-state index contributed by atoms with van der Waals surface area (Å²) in [4.78, 5) is 24.5. The fourth-order valence-corrected chi connectivity index (χ4v) is 5.21. The van der Waals surface area contributed by atoms with E-state index in [9.17, 15) is 4.79 Å². The highest BCUT2D eigenvalue weighted by atomic mass is 79.9. The highest BCUT2D eigenvalue weighted by molar-refractivity contribution is 9.10. The summed E-state index contributed by atoms with van der Waals surface area (Å²) in [5.74, 6) is 0.251. The monoisotopic (exact) mass is 440 g/mol. The lowest BCUT2D eigenvalue weighted by molar-refractivity contribution is -0.120. The van der Waals surface area contributed by atoms with Gasteiger partial charge in [-0.2, -0.15) is 0 Å². The third-order valence-corrected chi connectivity index (χ3v) is 6.84. The van der Waals surface area contributed by atoms with E-state index in [2.05, 4.69) is 61.0 Å². The van der Waals surface area contributed by atoms with Crippen molar-refractivity contribution >= 4 is 27.5 Å². The molecule has 0 N–H and O–H groups in total. The van der Waals surface area contributed by atoms with Crippen molar-refractivity contribution in [2.75, 3.05) is 31.1 Å². The number of aryl methyl sites for hydroxylation is 1. The molecule has 2 atom stereocenters. The Labute approximate surface area is 174 Å². The average Bonchev–Trinajstić information content (AvgIpc) is 3.29. The standard InChI is InChI=1S/C22H25BrN4O/c23-17-7-8-18(24-11-17)12-25-13-20-10-19(25)14-26(20)15-22(28)27-9-3-5-16-4-1-2-6-21(16)27/h1-2,4,6-8,11,19-20H,3,5,9-10,12-15H2. The van der Waals surface area contributed by atoms with Gasteiger partial charge in [0.1, 0.15) is 0 Å². The molecule has 2 saturated heterocycles. The molecule has 2 bridgehead atoms. The van der Waals surface area contributed by atoms with Crippen molar-refractivity contribution in [3.8, 4) is 0 Å². The Morgan fingerprint density at radius 3 is 2.71 bits per heavy atom. The van der Waals surface area contributed by atoms with Crippen LogP contribution in [0, 0.1) is 0 Å². The molecule has 5 nitrogen and oxygen atoms in total. The maximum atomic E-state index is 13.1. The van der Waals surface area contributed by atoms with Gasteiger partial charge in [-0.3, -0.25) is 19.6 Å². The molecule has 0 saturated carbocycles.